The standard InChI is InChI=1S/C19H22N2O5/c1-21(11-13-12-25-9-10-26-13)18-15(19(22)23)7-8-16(20-18)14-5-3-4-6-17(14)24-2/h3-8,13H,9-12H2,1-2H3,(H,22,23)/t13-/m0/s1. The Morgan fingerprint density at radius 1 is 1.31 bits per heavy atom. The molecule has 1 atom stereocenters. The summed E-state index contributed by atoms with van der Waals surface area (Å²) in [6, 6.07) is 10.8. The smallest absolute Gasteiger partial charge is 0.339 e. The summed E-state index contributed by atoms with van der Waals surface area (Å²) in [4.78, 5) is 18.0. The molecule has 0 radical (unpaired) electrons. The number of hydrogen-bond acceptors (Lipinski definition) is 6. The van der Waals surface area contributed by atoms with Crippen molar-refractivity contribution in [1.29, 1.82) is 0 Å². The minimum absolute atomic E-state index is 0.118. The summed E-state index contributed by atoms with van der Waals surface area (Å²) in [5, 5.41) is 9.54. The SMILES string of the molecule is COc1ccccc1-c1ccc(C(=O)O)c(N(C)C[C@H]2COCCO2)n1. The highest BCUT2D eigenvalue weighted by Gasteiger charge is 2.22. The predicted octanol–water partition coefficient (Wildman–Crippen LogP) is 2.31. The number of benzene rings is 1. The topological polar surface area (TPSA) is 81.1 Å². The maximum Gasteiger partial charge on any atom is 0.339 e. The molecule has 2 heterocycles. The van der Waals surface area contributed by atoms with Gasteiger partial charge in [-0.05, 0) is 24.3 Å². The van der Waals surface area contributed by atoms with Gasteiger partial charge in [-0.1, -0.05) is 12.1 Å². The van der Waals surface area contributed by atoms with Crippen molar-refractivity contribution in [1.82, 2.24) is 4.98 Å². The fraction of sp³-hybridized carbons (Fsp3) is 0.368. The Labute approximate surface area is 152 Å². The number of hydrogen-bond donors (Lipinski definition) is 1. The Hall–Kier alpha value is -2.64. The van der Waals surface area contributed by atoms with Crippen LogP contribution in [0.1, 0.15) is 10.4 Å². The molecule has 1 aromatic carbocycles. The van der Waals surface area contributed by atoms with E-state index < -0.39 is 5.97 Å². The summed E-state index contributed by atoms with van der Waals surface area (Å²) in [7, 11) is 3.40. The zero-order valence-electron chi connectivity index (χ0n) is 14.8. The lowest BCUT2D eigenvalue weighted by molar-refractivity contribution is -0.0837. The van der Waals surface area contributed by atoms with E-state index in [-0.39, 0.29) is 11.7 Å². The molecule has 0 amide bonds. The van der Waals surface area contributed by atoms with E-state index in [1.54, 1.807) is 31.2 Å². The Morgan fingerprint density at radius 3 is 2.81 bits per heavy atom. The van der Waals surface area contributed by atoms with Crippen LogP contribution in [0.15, 0.2) is 36.4 Å². The highest BCUT2D eigenvalue weighted by Crippen LogP contribution is 2.30. The van der Waals surface area contributed by atoms with Crippen LogP contribution in [0.4, 0.5) is 5.82 Å². The first-order chi connectivity index (χ1) is 12.6. The summed E-state index contributed by atoms with van der Waals surface area (Å²) >= 11 is 0. The van der Waals surface area contributed by atoms with E-state index in [1.165, 1.54) is 0 Å². The van der Waals surface area contributed by atoms with Gasteiger partial charge >= 0.3 is 5.97 Å². The lowest BCUT2D eigenvalue weighted by atomic mass is 10.1. The monoisotopic (exact) mass is 358 g/mol. The quantitative estimate of drug-likeness (QED) is 0.848. The maximum absolute atomic E-state index is 11.6. The second-order valence-electron chi connectivity index (χ2n) is 6.02. The molecule has 138 valence electrons. The summed E-state index contributed by atoms with van der Waals surface area (Å²) in [6.07, 6.45) is -0.118. The van der Waals surface area contributed by atoms with Crippen LogP contribution in [-0.4, -0.2) is 62.7 Å². The largest absolute Gasteiger partial charge is 0.496 e. The van der Waals surface area contributed by atoms with Gasteiger partial charge in [0.05, 0.1) is 38.7 Å². The molecule has 1 aliphatic heterocycles. The van der Waals surface area contributed by atoms with E-state index in [2.05, 4.69) is 4.98 Å². The second-order valence-corrected chi connectivity index (χ2v) is 6.02. The first kappa shape index (κ1) is 18.2. The van der Waals surface area contributed by atoms with Gasteiger partial charge in [0.15, 0.2) is 0 Å². The van der Waals surface area contributed by atoms with E-state index in [0.717, 1.165) is 5.56 Å². The Morgan fingerprint density at radius 2 is 2.12 bits per heavy atom. The van der Waals surface area contributed by atoms with Crippen molar-refractivity contribution >= 4 is 11.8 Å². The third-order valence-corrected chi connectivity index (χ3v) is 4.21. The molecule has 0 spiro atoms. The molecule has 0 saturated carbocycles. The number of pyridine rings is 1. The summed E-state index contributed by atoms with van der Waals surface area (Å²) in [5.41, 5.74) is 1.59. The van der Waals surface area contributed by atoms with E-state index in [9.17, 15) is 9.90 Å². The number of methoxy groups -OCH3 is 1. The molecule has 1 aliphatic rings. The van der Waals surface area contributed by atoms with Crippen molar-refractivity contribution in [2.45, 2.75) is 6.10 Å². The number of nitrogens with zero attached hydrogens (tertiary/aromatic N) is 2. The van der Waals surface area contributed by atoms with Crippen LogP contribution in [0, 0.1) is 0 Å². The van der Waals surface area contributed by atoms with Crippen LogP contribution in [0.3, 0.4) is 0 Å². The molecule has 26 heavy (non-hydrogen) atoms. The molecular formula is C19H22N2O5. The van der Waals surface area contributed by atoms with E-state index >= 15 is 0 Å². The first-order valence-corrected chi connectivity index (χ1v) is 8.38. The number of aromatic carboxylic acids is 1. The van der Waals surface area contributed by atoms with Gasteiger partial charge in [-0.15, -0.1) is 0 Å². The zero-order chi connectivity index (χ0) is 18.5. The van der Waals surface area contributed by atoms with Crippen LogP contribution >= 0.6 is 0 Å². The van der Waals surface area contributed by atoms with E-state index in [0.29, 0.717) is 43.6 Å². The van der Waals surface area contributed by atoms with Crippen LogP contribution in [0.2, 0.25) is 0 Å². The van der Waals surface area contributed by atoms with Gasteiger partial charge in [0.2, 0.25) is 0 Å². The molecule has 1 N–H and O–H groups in total. The molecule has 3 rings (SSSR count). The number of carbonyl (C=O) groups is 1. The number of carboxylic acid groups (broad SMARTS) is 1. The molecule has 0 unspecified atom stereocenters. The van der Waals surface area contributed by atoms with Gasteiger partial charge in [-0.3, -0.25) is 0 Å². The molecule has 0 bridgehead atoms. The fourth-order valence-electron chi connectivity index (χ4n) is 2.95. The average Bonchev–Trinajstić information content (AvgIpc) is 2.68. The lowest BCUT2D eigenvalue weighted by Gasteiger charge is -2.29. The number of carboxylic acids is 1. The maximum atomic E-state index is 11.6. The number of likely N-dealkylation sites (N-methyl/N-ethyl adjacent to an activating group) is 1. The molecular weight excluding hydrogens is 336 g/mol. The van der Waals surface area contributed by atoms with Gasteiger partial charge in [-0.2, -0.15) is 0 Å². The van der Waals surface area contributed by atoms with Crippen molar-refractivity contribution in [3.63, 3.8) is 0 Å². The molecule has 2 aromatic rings. The van der Waals surface area contributed by atoms with Crippen molar-refractivity contribution in [2.75, 3.05) is 45.4 Å². The first-order valence-electron chi connectivity index (χ1n) is 8.38. The highest BCUT2D eigenvalue weighted by atomic mass is 16.6. The molecule has 7 heteroatoms. The fourth-order valence-corrected chi connectivity index (χ4v) is 2.95. The van der Waals surface area contributed by atoms with Crippen molar-refractivity contribution in [3.05, 3.63) is 42.0 Å². The summed E-state index contributed by atoms with van der Waals surface area (Å²) < 4.78 is 16.5. The lowest BCUT2D eigenvalue weighted by Crippen LogP contribution is -2.39. The Balaban J connectivity index is 1.94. The molecule has 1 aromatic heterocycles. The predicted molar refractivity (Wildman–Crippen MR) is 97.0 cm³/mol. The second kappa shape index (κ2) is 8.16. The van der Waals surface area contributed by atoms with Crippen molar-refractivity contribution < 1.29 is 24.1 Å². The van der Waals surface area contributed by atoms with Gasteiger partial charge in [0, 0.05) is 19.2 Å². The molecule has 7 nitrogen and oxygen atoms in total. The summed E-state index contributed by atoms with van der Waals surface area (Å²) in [5.74, 6) is 0.0440. The normalized spacial score (nSPS) is 16.9. The van der Waals surface area contributed by atoms with E-state index in [1.807, 2.05) is 24.3 Å². The average molecular weight is 358 g/mol. The van der Waals surface area contributed by atoms with Crippen LogP contribution in [0.25, 0.3) is 11.3 Å². The van der Waals surface area contributed by atoms with Gasteiger partial charge in [-0.25, -0.2) is 9.78 Å². The minimum Gasteiger partial charge on any atom is -0.496 e. The minimum atomic E-state index is -1.02. The molecule has 1 saturated heterocycles. The highest BCUT2D eigenvalue weighted by molar-refractivity contribution is 5.94. The van der Waals surface area contributed by atoms with E-state index in [4.69, 9.17) is 14.2 Å². The number of aromatic nitrogens is 1. The number of anilines is 1. The zero-order valence-corrected chi connectivity index (χ0v) is 14.8. The van der Waals surface area contributed by atoms with Crippen LogP contribution in [0.5, 0.6) is 5.75 Å². The summed E-state index contributed by atoms with van der Waals surface area (Å²) in [6.45, 7) is 2.10. The van der Waals surface area contributed by atoms with Crippen molar-refractivity contribution in [2.24, 2.45) is 0 Å². The molecule has 1 fully saturated rings. The third kappa shape index (κ3) is 3.95. The van der Waals surface area contributed by atoms with Crippen LogP contribution in [-0.2, 0) is 9.47 Å². The number of rotatable bonds is 6. The van der Waals surface area contributed by atoms with Crippen molar-refractivity contribution in [3.8, 4) is 17.0 Å². The van der Waals surface area contributed by atoms with Gasteiger partial charge in [0.1, 0.15) is 17.1 Å². The Bertz CT molecular complexity index is 774. The van der Waals surface area contributed by atoms with Crippen LogP contribution < -0.4 is 9.64 Å². The third-order valence-electron chi connectivity index (χ3n) is 4.21. The Kier molecular flexibility index (Phi) is 5.70. The van der Waals surface area contributed by atoms with Gasteiger partial charge < -0.3 is 24.2 Å². The number of para-hydroxylation sites is 1. The number of ether oxygens (including phenoxy) is 3. The molecule has 0 aliphatic carbocycles. The van der Waals surface area contributed by atoms with Gasteiger partial charge in [0.25, 0.3) is 0 Å².